The van der Waals surface area contributed by atoms with E-state index < -0.39 is 0 Å². The van der Waals surface area contributed by atoms with Gasteiger partial charge in [0.05, 0.1) is 5.69 Å². The zero-order chi connectivity index (χ0) is 14.9. The van der Waals surface area contributed by atoms with E-state index in [2.05, 4.69) is 47.1 Å². The molecule has 0 atom stereocenters. The Labute approximate surface area is 130 Å². The molecule has 110 valence electrons. The summed E-state index contributed by atoms with van der Waals surface area (Å²) in [7, 11) is 0. The number of benzene rings is 1. The number of fused-ring (bicyclic) bond motifs is 2. The summed E-state index contributed by atoms with van der Waals surface area (Å²) < 4.78 is 2.15. The number of rotatable bonds is 2. The Balaban J connectivity index is 1.94. The van der Waals surface area contributed by atoms with Crippen LogP contribution in [0.4, 0.5) is 0 Å². The molecule has 0 saturated carbocycles. The number of hydrogen-bond donors (Lipinski definition) is 0. The molecule has 1 aliphatic carbocycles. The zero-order valence-corrected chi connectivity index (χ0v) is 12.6. The average molecular weight is 289 g/mol. The molecule has 0 radical (unpaired) electrons. The predicted octanol–water partition coefficient (Wildman–Crippen LogP) is 4.70. The third kappa shape index (κ3) is 2.16. The summed E-state index contributed by atoms with van der Waals surface area (Å²) >= 11 is 0. The summed E-state index contributed by atoms with van der Waals surface area (Å²) in [6.07, 6.45) is 10.5. The van der Waals surface area contributed by atoms with Crippen molar-refractivity contribution in [3.63, 3.8) is 0 Å². The molecule has 1 aromatic carbocycles. The molecule has 1 aromatic heterocycles. The van der Waals surface area contributed by atoms with Crippen LogP contribution in [-0.2, 0) is 6.54 Å². The van der Waals surface area contributed by atoms with Crippen LogP contribution in [0, 0.1) is 0 Å². The van der Waals surface area contributed by atoms with Crippen LogP contribution in [0.5, 0.6) is 0 Å². The van der Waals surface area contributed by atoms with E-state index in [1.807, 2.05) is 6.07 Å². The van der Waals surface area contributed by atoms with Gasteiger partial charge in [-0.2, -0.15) is 0 Å². The lowest BCUT2D eigenvalue weighted by Crippen LogP contribution is -2.07. The minimum Gasteiger partial charge on any atom is -0.334 e. The third-order valence-electron chi connectivity index (χ3n) is 4.73. The summed E-state index contributed by atoms with van der Waals surface area (Å²) in [4.78, 5) is 11.4. The number of aldehydes is 1. The van der Waals surface area contributed by atoms with Crippen LogP contribution in [0.1, 0.15) is 53.0 Å². The Bertz CT molecular complexity index is 792. The molecule has 0 bridgehead atoms. The van der Waals surface area contributed by atoms with Crippen molar-refractivity contribution in [2.75, 3.05) is 0 Å². The number of carbonyl (C=O) groups excluding carboxylic acids is 1. The van der Waals surface area contributed by atoms with E-state index in [1.54, 1.807) is 0 Å². The van der Waals surface area contributed by atoms with Gasteiger partial charge in [0.2, 0.25) is 0 Å². The predicted molar refractivity (Wildman–Crippen MR) is 89.8 cm³/mol. The number of hydrogen-bond acceptors (Lipinski definition) is 1. The van der Waals surface area contributed by atoms with Crippen LogP contribution in [0.3, 0.4) is 0 Å². The standard InChI is InChI=1S/C20H19NO/c22-14-18-10-11-20-19(15-6-2-1-3-7-15)12-16-8-4-5-9-17(16)13-21(18)20/h4-6,8-12,14H,1-3,7,13H2. The molecule has 1 aliphatic heterocycles. The summed E-state index contributed by atoms with van der Waals surface area (Å²) in [6.45, 7) is 0.764. The van der Waals surface area contributed by atoms with Crippen LogP contribution in [0.15, 0.2) is 48.0 Å². The van der Waals surface area contributed by atoms with Gasteiger partial charge in [-0.3, -0.25) is 4.79 Å². The molecule has 22 heavy (non-hydrogen) atoms. The Hall–Kier alpha value is -2.35. The van der Waals surface area contributed by atoms with Crippen molar-refractivity contribution in [3.8, 4) is 0 Å². The molecule has 0 unspecified atom stereocenters. The Morgan fingerprint density at radius 3 is 2.77 bits per heavy atom. The Morgan fingerprint density at radius 2 is 1.95 bits per heavy atom. The van der Waals surface area contributed by atoms with Crippen LogP contribution in [0.25, 0.3) is 11.6 Å². The first kappa shape index (κ1) is 13.3. The molecule has 2 nitrogen and oxygen atoms in total. The quantitative estimate of drug-likeness (QED) is 0.734. The monoisotopic (exact) mass is 289 g/mol. The normalized spacial score (nSPS) is 16.9. The fraction of sp³-hybridized carbons (Fsp3) is 0.250. The SMILES string of the molecule is O=Cc1ccc2n1Cc1ccccc1C=C2C1=CCCCC1. The molecule has 2 heterocycles. The highest BCUT2D eigenvalue weighted by molar-refractivity contribution is 5.92. The van der Waals surface area contributed by atoms with Gasteiger partial charge in [0.15, 0.2) is 6.29 Å². The fourth-order valence-corrected chi connectivity index (χ4v) is 3.56. The van der Waals surface area contributed by atoms with Crippen LogP contribution < -0.4 is 0 Å². The maximum Gasteiger partial charge on any atom is 0.166 e. The second kappa shape index (κ2) is 5.45. The minimum absolute atomic E-state index is 0.758. The molecule has 0 spiro atoms. The van der Waals surface area contributed by atoms with Crippen LogP contribution in [0.2, 0.25) is 0 Å². The van der Waals surface area contributed by atoms with Gasteiger partial charge in [0.25, 0.3) is 0 Å². The molecule has 2 heteroatoms. The maximum absolute atomic E-state index is 11.4. The summed E-state index contributed by atoms with van der Waals surface area (Å²) in [5.74, 6) is 0. The van der Waals surface area contributed by atoms with E-state index in [0.29, 0.717) is 0 Å². The highest BCUT2D eigenvalue weighted by Crippen LogP contribution is 2.36. The van der Waals surface area contributed by atoms with Crippen molar-refractivity contribution in [2.45, 2.75) is 32.2 Å². The first-order valence-electron chi connectivity index (χ1n) is 8.01. The van der Waals surface area contributed by atoms with E-state index in [4.69, 9.17) is 0 Å². The van der Waals surface area contributed by atoms with Gasteiger partial charge in [0, 0.05) is 17.8 Å². The number of aromatic nitrogens is 1. The highest BCUT2D eigenvalue weighted by atomic mass is 16.1. The van der Waals surface area contributed by atoms with Crippen LogP contribution >= 0.6 is 0 Å². The number of allylic oxidation sites excluding steroid dienone is 3. The van der Waals surface area contributed by atoms with Crippen LogP contribution in [-0.4, -0.2) is 10.9 Å². The van der Waals surface area contributed by atoms with E-state index >= 15 is 0 Å². The zero-order valence-electron chi connectivity index (χ0n) is 12.6. The number of carbonyl (C=O) groups is 1. The van der Waals surface area contributed by atoms with Gasteiger partial charge in [-0.05, 0) is 60.6 Å². The lowest BCUT2D eigenvalue weighted by atomic mass is 9.90. The molecule has 0 N–H and O–H groups in total. The van der Waals surface area contributed by atoms with Crippen molar-refractivity contribution in [1.29, 1.82) is 0 Å². The maximum atomic E-state index is 11.4. The van der Waals surface area contributed by atoms with E-state index in [-0.39, 0.29) is 0 Å². The van der Waals surface area contributed by atoms with E-state index in [9.17, 15) is 4.79 Å². The molecular formula is C20H19NO. The fourth-order valence-electron chi connectivity index (χ4n) is 3.56. The van der Waals surface area contributed by atoms with Crippen molar-refractivity contribution in [1.82, 2.24) is 4.57 Å². The third-order valence-corrected chi connectivity index (χ3v) is 4.73. The van der Waals surface area contributed by atoms with Crippen molar-refractivity contribution < 1.29 is 4.79 Å². The van der Waals surface area contributed by atoms with Crippen molar-refractivity contribution >= 4 is 17.9 Å². The van der Waals surface area contributed by atoms with E-state index in [0.717, 1.165) is 31.4 Å². The van der Waals surface area contributed by atoms with Gasteiger partial charge in [-0.1, -0.05) is 30.3 Å². The van der Waals surface area contributed by atoms with Gasteiger partial charge < -0.3 is 4.57 Å². The summed E-state index contributed by atoms with van der Waals surface area (Å²) in [5, 5.41) is 0. The second-order valence-corrected chi connectivity index (χ2v) is 6.08. The first-order valence-corrected chi connectivity index (χ1v) is 8.01. The molecule has 0 fully saturated rings. The topological polar surface area (TPSA) is 22.0 Å². The average Bonchev–Trinajstić information content (AvgIpc) is 2.89. The lowest BCUT2D eigenvalue weighted by Gasteiger charge is -2.17. The van der Waals surface area contributed by atoms with Gasteiger partial charge >= 0.3 is 0 Å². The van der Waals surface area contributed by atoms with E-state index in [1.165, 1.54) is 40.8 Å². The Kier molecular flexibility index (Phi) is 3.30. The molecule has 2 aromatic rings. The second-order valence-electron chi connectivity index (χ2n) is 6.08. The highest BCUT2D eigenvalue weighted by Gasteiger charge is 2.20. The molecule has 0 amide bonds. The molecule has 2 aliphatic rings. The van der Waals surface area contributed by atoms with Gasteiger partial charge in [0.1, 0.15) is 0 Å². The summed E-state index contributed by atoms with van der Waals surface area (Å²) in [6, 6.07) is 12.5. The molecule has 4 rings (SSSR count). The first-order chi connectivity index (χ1) is 10.9. The Morgan fingerprint density at radius 1 is 1.05 bits per heavy atom. The van der Waals surface area contributed by atoms with Crippen molar-refractivity contribution in [3.05, 3.63) is 70.6 Å². The summed E-state index contributed by atoms with van der Waals surface area (Å²) in [5.41, 5.74) is 7.19. The number of nitrogens with zero attached hydrogens (tertiary/aromatic N) is 1. The smallest absolute Gasteiger partial charge is 0.166 e. The lowest BCUT2D eigenvalue weighted by molar-refractivity contribution is 0.111. The minimum atomic E-state index is 0.758. The van der Waals surface area contributed by atoms with Gasteiger partial charge in [-0.15, -0.1) is 0 Å². The van der Waals surface area contributed by atoms with Gasteiger partial charge in [-0.25, -0.2) is 0 Å². The molecular weight excluding hydrogens is 270 g/mol. The van der Waals surface area contributed by atoms with Crippen molar-refractivity contribution in [2.24, 2.45) is 0 Å². The molecule has 0 saturated heterocycles. The largest absolute Gasteiger partial charge is 0.334 e.